The smallest absolute Gasteiger partial charge is 0.309 e. The predicted octanol–water partition coefficient (Wildman–Crippen LogP) is 3.18. The number of methoxy groups -OCH3 is 1. The Hall–Kier alpha value is -1.96. The summed E-state index contributed by atoms with van der Waals surface area (Å²) in [4.78, 5) is 13.6. The standard InChI is InChI=1S/C20H21NO4S2/c1-13-6-8-15(9-7-13)27(23,24)21-11-16-18(19(22)25-3)20(16,12-21)14(2)17-5-4-10-26-17/h4-10,16,18H,2,11-12H2,1,3H3/t16-,18-,20+/m1/s1. The van der Waals surface area contributed by atoms with Crippen LogP contribution >= 0.6 is 11.3 Å². The summed E-state index contributed by atoms with van der Waals surface area (Å²) < 4.78 is 32.6. The number of carbonyl (C=O) groups is 1. The van der Waals surface area contributed by atoms with Crippen molar-refractivity contribution in [2.75, 3.05) is 20.2 Å². The topological polar surface area (TPSA) is 63.7 Å². The fourth-order valence-corrected chi connectivity index (χ4v) is 6.62. The number of esters is 1. The lowest BCUT2D eigenvalue weighted by atomic mass is 9.92. The molecule has 2 fully saturated rings. The van der Waals surface area contributed by atoms with E-state index < -0.39 is 15.4 Å². The van der Waals surface area contributed by atoms with Gasteiger partial charge in [-0.25, -0.2) is 8.42 Å². The van der Waals surface area contributed by atoms with Gasteiger partial charge in [0.05, 0.1) is 17.9 Å². The Balaban J connectivity index is 1.67. The van der Waals surface area contributed by atoms with Gasteiger partial charge >= 0.3 is 5.97 Å². The molecule has 27 heavy (non-hydrogen) atoms. The molecule has 2 aromatic rings. The molecular weight excluding hydrogens is 382 g/mol. The summed E-state index contributed by atoms with van der Waals surface area (Å²) in [6.07, 6.45) is 0. The second-order valence-electron chi connectivity index (χ2n) is 7.21. The lowest BCUT2D eigenvalue weighted by Crippen LogP contribution is -2.35. The minimum atomic E-state index is -3.61. The van der Waals surface area contributed by atoms with E-state index in [1.165, 1.54) is 11.4 Å². The molecule has 7 heteroatoms. The number of fused-ring (bicyclic) bond motifs is 1. The molecule has 0 N–H and O–H groups in total. The number of ether oxygens (including phenoxy) is 1. The Morgan fingerprint density at radius 2 is 2.00 bits per heavy atom. The molecule has 3 atom stereocenters. The van der Waals surface area contributed by atoms with Gasteiger partial charge in [0.25, 0.3) is 0 Å². The lowest BCUT2D eigenvalue weighted by molar-refractivity contribution is -0.143. The van der Waals surface area contributed by atoms with Gasteiger partial charge in [-0.05, 0) is 42.0 Å². The third-order valence-corrected chi connectivity index (χ3v) is 8.60. The number of carbonyl (C=O) groups excluding carboxylic acids is 1. The molecular formula is C20H21NO4S2. The van der Waals surface area contributed by atoms with Crippen molar-refractivity contribution in [3.05, 3.63) is 58.8 Å². The van der Waals surface area contributed by atoms with Crippen LogP contribution in [-0.4, -0.2) is 38.9 Å². The highest BCUT2D eigenvalue weighted by molar-refractivity contribution is 7.89. The molecule has 1 aromatic carbocycles. The van der Waals surface area contributed by atoms with E-state index in [1.54, 1.807) is 35.6 Å². The lowest BCUT2D eigenvalue weighted by Gasteiger charge is -2.24. The zero-order valence-electron chi connectivity index (χ0n) is 15.2. The molecule has 0 bridgehead atoms. The number of aryl methyl sites for hydroxylation is 1. The molecule has 0 amide bonds. The fraction of sp³-hybridized carbons (Fsp3) is 0.350. The monoisotopic (exact) mass is 403 g/mol. The molecule has 5 nitrogen and oxygen atoms in total. The number of rotatable bonds is 5. The van der Waals surface area contributed by atoms with Crippen molar-refractivity contribution in [1.82, 2.24) is 4.31 Å². The quantitative estimate of drug-likeness (QED) is 0.720. The van der Waals surface area contributed by atoms with Crippen LogP contribution < -0.4 is 0 Å². The zero-order chi connectivity index (χ0) is 19.4. The second kappa shape index (κ2) is 6.29. The minimum absolute atomic E-state index is 0.0974. The Bertz CT molecular complexity index is 995. The van der Waals surface area contributed by atoms with Gasteiger partial charge in [-0.1, -0.05) is 30.3 Å². The number of benzene rings is 1. The number of nitrogens with zero attached hydrogens (tertiary/aromatic N) is 1. The third kappa shape index (κ3) is 2.68. The van der Waals surface area contributed by atoms with Gasteiger partial charge in [0, 0.05) is 23.4 Å². The highest BCUT2D eigenvalue weighted by Crippen LogP contribution is 2.70. The largest absolute Gasteiger partial charge is 0.469 e. The van der Waals surface area contributed by atoms with Crippen molar-refractivity contribution < 1.29 is 17.9 Å². The number of sulfonamides is 1. The Kier molecular flexibility index (Phi) is 4.29. The van der Waals surface area contributed by atoms with Crippen LogP contribution in [0.15, 0.2) is 53.3 Å². The third-order valence-electron chi connectivity index (χ3n) is 5.84. The van der Waals surface area contributed by atoms with Crippen molar-refractivity contribution in [2.24, 2.45) is 17.3 Å². The van der Waals surface area contributed by atoms with Crippen molar-refractivity contribution in [3.63, 3.8) is 0 Å². The van der Waals surface area contributed by atoms with Crippen LogP contribution in [-0.2, 0) is 19.6 Å². The number of hydrogen-bond acceptors (Lipinski definition) is 5. The van der Waals surface area contributed by atoms with Crippen LogP contribution in [0.5, 0.6) is 0 Å². The normalized spacial score (nSPS) is 27.2. The van der Waals surface area contributed by atoms with Gasteiger partial charge in [0.1, 0.15) is 0 Å². The van der Waals surface area contributed by atoms with E-state index in [0.29, 0.717) is 6.54 Å². The first-order valence-corrected chi connectivity index (χ1v) is 11.0. The van der Waals surface area contributed by atoms with Crippen molar-refractivity contribution in [3.8, 4) is 0 Å². The molecule has 4 rings (SSSR count). The first kappa shape index (κ1) is 18.4. The zero-order valence-corrected chi connectivity index (χ0v) is 16.8. The average Bonchev–Trinajstić information content (AvgIpc) is 3.05. The van der Waals surface area contributed by atoms with E-state index in [1.807, 2.05) is 24.4 Å². The van der Waals surface area contributed by atoms with Crippen LogP contribution in [0.25, 0.3) is 5.57 Å². The summed E-state index contributed by atoms with van der Waals surface area (Å²) in [5, 5.41) is 1.96. The maximum Gasteiger partial charge on any atom is 0.309 e. The molecule has 2 aliphatic rings. The number of thiophene rings is 1. The van der Waals surface area contributed by atoms with Crippen LogP contribution in [0.2, 0.25) is 0 Å². The second-order valence-corrected chi connectivity index (χ2v) is 10.1. The van der Waals surface area contributed by atoms with Crippen molar-refractivity contribution in [1.29, 1.82) is 0 Å². The summed E-state index contributed by atoms with van der Waals surface area (Å²) in [5.41, 5.74) is 1.27. The van der Waals surface area contributed by atoms with E-state index in [2.05, 4.69) is 6.58 Å². The van der Waals surface area contributed by atoms with Gasteiger partial charge in [0.2, 0.25) is 10.0 Å². The van der Waals surface area contributed by atoms with Gasteiger partial charge < -0.3 is 4.74 Å². The molecule has 0 radical (unpaired) electrons. The summed E-state index contributed by atoms with van der Waals surface area (Å²) in [5.74, 6) is -0.716. The molecule has 1 aliphatic heterocycles. The van der Waals surface area contributed by atoms with Gasteiger partial charge in [-0.15, -0.1) is 11.3 Å². The summed E-state index contributed by atoms with van der Waals surface area (Å²) in [6, 6.07) is 10.7. The van der Waals surface area contributed by atoms with Gasteiger partial charge in [-0.3, -0.25) is 4.79 Å². The molecule has 1 saturated heterocycles. The van der Waals surface area contributed by atoms with Crippen molar-refractivity contribution >= 4 is 32.9 Å². The van der Waals surface area contributed by atoms with E-state index in [9.17, 15) is 13.2 Å². The SMILES string of the molecule is C=C(c1cccs1)[C@@]12CN(S(=O)(=O)c3ccc(C)cc3)C[C@@H]1[C@@H]2C(=O)OC. The first-order chi connectivity index (χ1) is 12.8. The fourth-order valence-electron chi connectivity index (χ4n) is 4.31. The number of piperidine rings is 1. The maximum absolute atomic E-state index is 13.1. The predicted molar refractivity (Wildman–Crippen MR) is 105 cm³/mol. The van der Waals surface area contributed by atoms with Gasteiger partial charge in [0.15, 0.2) is 0 Å². The van der Waals surface area contributed by atoms with Crippen LogP contribution in [0.3, 0.4) is 0 Å². The molecule has 142 valence electrons. The summed E-state index contributed by atoms with van der Waals surface area (Å²) in [7, 11) is -2.24. The number of hydrogen-bond donors (Lipinski definition) is 0. The van der Waals surface area contributed by atoms with Crippen LogP contribution in [0.4, 0.5) is 0 Å². The summed E-state index contributed by atoms with van der Waals surface area (Å²) in [6.45, 7) is 6.72. The molecule has 0 unspecified atom stereocenters. The molecule has 1 saturated carbocycles. The van der Waals surface area contributed by atoms with Gasteiger partial charge in [-0.2, -0.15) is 4.31 Å². The van der Waals surface area contributed by atoms with E-state index in [0.717, 1.165) is 16.0 Å². The Labute approximate surface area is 163 Å². The van der Waals surface area contributed by atoms with Crippen molar-refractivity contribution in [2.45, 2.75) is 11.8 Å². The molecule has 1 aliphatic carbocycles. The highest BCUT2D eigenvalue weighted by atomic mass is 32.2. The van der Waals surface area contributed by atoms with E-state index in [-0.39, 0.29) is 29.2 Å². The first-order valence-electron chi connectivity index (χ1n) is 8.70. The minimum Gasteiger partial charge on any atom is -0.469 e. The molecule has 1 aromatic heterocycles. The average molecular weight is 404 g/mol. The highest BCUT2D eigenvalue weighted by Gasteiger charge is 2.75. The van der Waals surface area contributed by atoms with Crippen LogP contribution in [0.1, 0.15) is 10.4 Å². The molecule has 2 heterocycles. The molecule has 0 spiro atoms. The van der Waals surface area contributed by atoms with E-state index in [4.69, 9.17) is 4.74 Å². The Morgan fingerprint density at radius 3 is 2.59 bits per heavy atom. The Morgan fingerprint density at radius 1 is 1.30 bits per heavy atom. The van der Waals surface area contributed by atoms with E-state index >= 15 is 0 Å². The van der Waals surface area contributed by atoms with Crippen LogP contribution in [0, 0.1) is 24.2 Å². The maximum atomic E-state index is 13.1. The summed E-state index contributed by atoms with van der Waals surface area (Å²) >= 11 is 1.55.